The van der Waals surface area contributed by atoms with E-state index in [2.05, 4.69) is 26.0 Å². The van der Waals surface area contributed by atoms with E-state index >= 15 is 0 Å². The fourth-order valence-corrected chi connectivity index (χ4v) is 6.01. The van der Waals surface area contributed by atoms with Crippen molar-refractivity contribution >= 4 is 35.0 Å². The lowest BCUT2D eigenvalue weighted by molar-refractivity contribution is 0.100. The largest absolute Gasteiger partial charge is 0.465 e. The maximum absolute atomic E-state index is 12.7. The van der Waals surface area contributed by atoms with Gasteiger partial charge >= 0.3 is 6.09 Å². The average molecular weight is 497 g/mol. The van der Waals surface area contributed by atoms with Crippen molar-refractivity contribution < 1.29 is 9.90 Å². The Morgan fingerprint density at radius 3 is 2.50 bits per heavy atom. The van der Waals surface area contributed by atoms with Crippen LogP contribution in [-0.2, 0) is 11.8 Å². The number of hydrogen-bond acceptors (Lipinski definition) is 7. The summed E-state index contributed by atoms with van der Waals surface area (Å²) in [5.74, 6) is 0.100. The van der Waals surface area contributed by atoms with Gasteiger partial charge in [0.2, 0.25) is 5.95 Å². The van der Waals surface area contributed by atoms with Gasteiger partial charge in [-0.1, -0.05) is 38.8 Å². The van der Waals surface area contributed by atoms with E-state index in [1.165, 1.54) is 16.2 Å². The van der Waals surface area contributed by atoms with Crippen molar-refractivity contribution in [1.29, 1.82) is 5.26 Å². The number of nitrogens with zero attached hydrogens (tertiary/aromatic N) is 6. The maximum atomic E-state index is 12.7. The first-order valence-corrected chi connectivity index (χ1v) is 12.1. The highest BCUT2D eigenvalue weighted by atomic mass is 35.5. The third-order valence-corrected chi connectivity index (χ3v) is 7.54. The molecule has 1 unspecified atom stereocenters. The molecule has 1 fully saturated rings. The monoisotopic (exact) mass is 496 g/mol. The van der Waals surface area contributed by atoms with Crippen LogP contribution in [0.4, 0.5) is 10.7 Å². The molecule has 0 aromatic carbocycles. The van der Waals surface area contributed by atoms with Gasteiger partial charge in [-0.3, -0.25) is 4.98 Å². The third kappa shape index (κ3) is 4.36. The van der Waals surface area contributed by atoms with Crippen LogP contribution in [0.2, 0.25) is 5.02 Å². The Bertz CT molecular complexity index is 1230. The molecule has 3 heterocycles. The summed E-state index contributed by atoms with van der Waals surface area (Å²) in [6.07, 6.45) is 8.18. The molecule has 1 aliphatic rings. The first kappa shape index (κ1) is 24.0. The van der Waals surface area contributed by atoms with Crippen LogP contribution in [0.1, 0.15) is 50.6 Å². The summed E-state index contributed by atoms with van der Waals surface area (Å²) in [4.78, 5) is 32.6. The number of rotatable bonds is 6. The number of anilines is 1. The predicted octanol–water partition coefficient (Wildman–Crippen LogP) is 5.74. The molecule has 10 heteroatoms. The standard InChI is InChI=1S/C24H25ClN6O2S/c1-23(2,3)20(24(8-5-9-24)18-17(25)6-4-11-27-18)31(22(32)33)21-29-12-15(13-30-21)19-28-14-16(34-19)7-10-26/h4,6,11-14,20H,5,7-9H2,1-3H3,(H,32,33). The number of hydrogen-bond donors (Lipinski definition) is 1. The van der Waals surface area contributed by atoms with Gasteiger partial charge in [-0.25, -0.2) is 24.6 Å². The van der Waals surface area contributed by atoms with Gasteiger partial charge in [-0.05, 0) is 30.4 Å². The SMILES string of the molecule is CC(C)(C)C(N(C(=O)O)c1ncc(-c2ncc(CC#N)s2)cn1)C1(c2ncccc2Cl)CCC1. The van der Waals surface area contributed by atoms with Crippen LogP contribution in [0.25, 0.3) is 10.6 Å². The summed E-state index contributed by atoms with van der Waals surface area (Å²) in [5.41, 5.74) is 0.391. The second-order valence-electron chi connectivity index (χ2n) is 9.50. The molecule has 176 valence electrons. The molecule has 1 atom stereocenters. The fraction of sp³-hybridized carbons (Fsp3) is 0.417. The van der Waals surface area contributed by atoms with Gasteiger partial charge < -0.3 is 5.11 Å². The number of halogens is 1. The Labute approximate surface area is 207 Å². The highest BCUT2D eigenvalue weighted by Gasteiger charge is 2.56. The van der Waals surface area contributed by atoms with Crippen molar-refractivity contribution in [2.45, 2.75) is 57.9 Å². The van der Waals surface area contributed by atoms with Gasteiger partial charge in [-0.15, -0.1) is 11.3 Å². The van der Waals surface area contributed by atoms with Crippen molar-refractivity contribution in [3.63, 3.8) is 0 Å². The number of pyridine rings is 1. The van der Waals surface area contributed by atoms with E-state index in [0.29, 0.717) is 15.6 Å². The maximum Gasteiger partial charge on any atom is 0.414 e. The molecule has 0 bridgehead atoms. The highest BCUT2D eigenvalue weighted by molar-refractivity contribution is 7.15. The molecule has 1 amide bonds. The number of aromatic nitrogens is 4. The molecule has 0 radical (unpaired) electrons. The number of carboxylic acid groups (broad SMARTS) is 1. The van der Waals surface area contributed by atoms with Crippen LogP contribution in [-0.4, -0.2) is 37.2 Å². The van der Waals surface area contributed by atoms with Crippen molar-refractivity contribution in [2.75, 3.05) is 4.90 Å². The molecular formula is C24H25ClN6O2S. The highest BCUT2D eigenvalue weighted by Crippen LogP contribution is 2.54. The lowest BCUT2D eigenvalue weighted by Crippen LogP contribution is -2.62. The zero-order valence-electron chi connectivity index (χ0n) is 19.2. The van der Waals surface area contributed by atoms with E-state index < -0.39 is 23.0 Å². The van der Waals surface area contributed by atoms with Crippen molar-refractivity contribution in [3.05, 3.63) is 52.5 Å². The number of thiazole rings is 1. The predicted molar refractivity (Wildman–Crippen MR) is 131 cm³/mol. The van der Waals surface area contributed by atoms with E-state index in [9.17, 15) is 9.90 Å². The van der Waals surface area contributed by atoms with Gasteiger partial charge in [0, 0.05) is 40.6 Å². The molecule has 34 heavy (non-hydrogen) atoms. The summed E-state index contributed by atoms with van der Waals surface area (Å²) < 4.78 is 0. The van der Waals surface area contributed by atoms with E-state index in [1.807, 2.05) is 20.8 Å². The second kappa shape index (κ2) is 9.28. The van der Waals surface area contributed by atoms with Crippen molar-refractivity contribution in [2.24, 2.45) is 5.41 Å². The summed E-state index contributed by atoms with van der Waals surface area (Å²) >= 11 is 7.96. The van der Waals surface area contributed by atoms with Gasteiger partial charge in [0.25, 0.3) is 0 Å². The fourth-order valence-electron chi connectivity index (χ4n) is 4.88. The van der Waals surface area contributed by atoms with E-state index in [4.69, 9.17) is 16.9 Å². The quantitative estimate of drug-likeness (QED) is 0.462. The third-order valence-electron chi connectivity index (χ3n) is 6.19. The molecule has 1 saturated carbocycles. The molecule has 8 nitrogen and oxygen atoms in total. The second-order valence-corrected chi connectivity index (χ2v) is 11.0. The van der Waals surface area contributed by atoms with Crippen LogP contribution < -0.4 is 4.90 Å². The lowest BCUT2D eigenvalue weighted by atomic mass is 9.56. The molecule has 3 aromatic heterocycles. The normalized spacial score (nSPS) is 15.7. The summed E-state index contributed by atoms with van der Waals surface area (Å²) in [6.45, 7) is 6.06. The van der Waals surface area contributed by atoms with Crippen LogP contribution in [0.3, 0.4) is 0 Å². The Balaban J connectivity index is 1.76. The topological polar surface area (TPSA) is 116 Å². The van der Waals surface area contributed by atoms with E-state index in [0.717, 1.165) is 29.8 Å². The zero-order valence-corrected chi connectivity index (χ0v) is 20.8. The Kier molecular flexibility index (Phi) is 6.56. The average Bonchev–Trinajstić information content (AvgIpc) is 3.22. The molecule has 1 aliphatic carbocycles. The van der Waals surface area contributed by atoms with Crippen molar-refractivity contribution in [3.8, 4) is 16.6 Å². The number of nitriles is 1. The van der Waals surface area contributed by atoms with E-state index in [1.54, 1.807) is 36.9 Å². The summed E-state index contributed by atoms with van der Waals surface area (Å²) in [5, 5.41) is 20.5. The first-order chi connectivity index (χ1) is 16.2. The minimum Gasteiger partial charge on any atom is -0.465 e. The number of carbonyl (C=O) groups is 1. The minimum atomic E-state index is -1.13. The molecule has 0 aliphatic heterocycles. The first-order valence-electron chi connectivity index (χ1n) is 10.9. The zero-order chi connectivity index (χ0) is 24.5. The summed E-state index contributed by atoms with van der Waals surface area (Å²) in [7, 11) is 0. The van der Waals surface area contributed by atoms with Gasteiger partial charge in [-0.2, -0.15) is 5.26 Å². The van der Waals surface area contributed by atoms with Gasteiger partial charge in [0.1, 0.15) is 5.01 Å². The molecule has 4 rings (SSSR count). The Morgan fingerprint density at radius 2 is 1.97 bits per heavy atom. The minimum absolute atomic E-state index is 0.100. The molecule has 1 N–H and O–H groups in total. The lowest BCUT2D eigenvalue weighted by Gasteiger charge is -2.54. The van der Waals surface area contributed by atoms with Gasteiger partial charge in [0.15, 0.2) is 0 Å². The van der Waals surface area contributed by atoms with Crippen LogP contribution in [0.15, 0.2) is 36.9 Å². The van der Waals surface area contributed by atoms with Crippen LogP contribution in [0, 0.1) is 16.7 Å². The van der Waals surface area contributed by atoms with Crippen molar-refractivity contribution in [1.82, 2.24) is 19.9 Å². The smallest absolute Gasteiger partial charge is 0.414 e. The summed E-state index contributed by atoms with van der Waals surface area (Å²) in [6, 6.07) is 5.19. The van der Waals surface area contributed by atoms with E-state index in [-0.39, 0.29) is 12.4 Å². The molecular weight excluding hydrogens is 472 g/mol. The molecule has 3 aromatic rings. The Hall–Kier alpha value is -3.09. The van der Waals surface area contributed by atoms with Crippen LogP contribution in [0.5, 0.6) is 0 Å². The van der Waals surface area contributed by atoms with Gasteiger partial charge in [0.05, 0.1) is 29.2 Å². The molecule has 0 saturated heterocycles. The van der Waals surface area contributed by atoms with Crippen LogP contribution >= 0.6 is 22.9 Å². The Morgan fingerprint density at radius 1 is 1.26 bits per heavy atom. The number of amides is 1. The molecule has 0 spiro atoms.